The highest BCUT2D eigenvalue weighted by atomic mass is 35.5. The van der Waals surface area contributed by atoms with Gasteiger partial charge in [0.15, 0.2) is 0 Å². The molecule has 0 saturated carbocycles. The number of nitrogens with one attached hydrogen (secondary N) is 1. The molecule has 152 valence electrons. The highest BCUT2D eigenvalue weighted by molar-refractivity contribution is 6.31. The molecular formula is C25H28Cl2N2. The lowest BCUT2D eigenvalue weighted by Gasteiger charge is -2.39. The van der Waals surface area contributed by atoms with Gasteiger partial charge in [-0.1, -0.05) is 90.5 Å². The molecule has 3 aromatic carbocycles. The molecule has 1 heterocycles. The summed E-state index contributed by atoms with van der Waals surface area (Å²) in [4.78, 5) is 2.58. The first-order chi connectivity index (χ1) is 13.8. The third-order valence-electron chi connectivity index (χ3n) is 5.69. The largest absolute Gasteiger partial charge is 0.309 e. The number of halogens is 2. The molecule has 29 heavy (non-hydrogen) atoms. The second kappa shape index (κ2) is 10.8. The fraction of sp³-hybridized carbons (Fsp3) is 0.280. The van der Waals surface area contributed by atoms with Crippen LogP contribution in [0.15, 0.2) is 84.9 Å². The Balaban J connectivity index is 0.00000240. The second-order valence-corrected chi connectivity index (χ2v) is 8.01. The van der Waals surface area contributed by atoms with Crippen LogP contribution in [0.1, 0.15) is 29.0 Å². The van der Waals surface area contributed by atoms with E-state index in [2.05, 4.69) is 83.0 Å². The lowest BCUT2D eigenvalue weighted by atomic mass is 9.85. The van der Waals surface area contributed by atoms with Gasteiger partial charge in [-0.2, -0.15) is 0 Å². The SMILES string of the molecule is Cl.Clc1ccccc1CNC1CCN(Cc2ccccc2)CC1c1ccccc1. The Morgan fingerprint density at radius 2 is 1.52 bits per heavy atom. The van der Waals surface area contributed by atoms with Crippen molar-refractivity contribution in [3.05, 3.63) is 107 Å². The highest BCUT2D eigenvalue weighted by Crippen LogP contribution is 2.29. The van der Waals surface area contributed by atoms with E-state index in [0.717, 1.165) is 37.6 Å². The summed E-state index contributed by atoms with van der Waals surface area (Å²) in [6.45, 7) is 4.01. The first kappa shape index (κ1) is 21.9. The van der Waals surface area contributed by atoms with Crippen molar-refractivity contribution < 1.29 is 0 Å². The molecule has 2 unspecified atom stereocenters. The summed E-state index contributed by atoms with van der Waals surface area (Å²) in [5, 5.41) is 4.64. The molecule has 2 atom stereocenters. The van der Waals surface area contributed by atoms with Gasteiger partial charge in [-0.25, -0.2) is 0 Å². The van der Waals surface area contributed by atoms with Crippen LogP contribution in [-0.4, -0.2) is 24.0 Å². The molecule has 2 nitrogen and oxygen atoms in total. The van der Waals surface area contributed by atoms with Gasteiger partial charge >= 0.3 is 0 Å². The van der Waals surface area contributed by atoms with Crippen molar-refractivity contribution in [2.45, 2.75) is 31.5 Å². The van der Waals surface area contributed by atoms with Crippen LogP contribution >= 0.6 is 24.0 Å². The van der Waals surface area contributed by atoms with E-state index in [-0.39, 0.29) is 12.4 Å². The van der Waals surface area contributed by atoms with Crippen molar-refractivity contribution in [1.29, 1.82) is 0 Å². The molecule has 1 N–H and O–H groups in total. The van der Waals surface area contributed by atoms with Crippen molar-refractivity contribution >= 4 is 24.0 Å². The van der Waals surface area contributed by atoms with E-state index in [0.29, 0.717) is 12.0 Å². The van der Waals surface area contributed by atoms with E-state index >= 15 is 0 Å². The van der Waals surface area contributed by atoms with E-state index in [4.69, 9.17) is 11.6 Å². The zero-order valence-corrected chi connectivity index (χ0v) is 18.1. The molecule has 0 aliphatic carbocycles. The molecule has 0 bridgehead atoms. The number of piperidine rings is 1. The number of likely N-dealkylation sites (tertiary alicyclic amines) is 1. The lowest BCUT2D eigenvalue weighted by Crippen LogP contribution is -2.47. The number of benzene rings is 3. The number of hydrogen-bond acceptors (Lipinski definition) is 2. The molecule has 0 aromatic heterocycles. The summed E-state index contributed by atoms with van der Waals surface area (Å²) in [6, 6.07) is 30.3. The maximum atomic E-state index is 6.36. The van der Waals surface area contributed by atoms with Gasteiger partial charge in [0, 0.05) is 43.2 Å². The van der Waals surface area contributed by atoms with Crippen LogP contribution in [0, 0.1) is 0 Å². The predicted molar refractivity (Wildman–Crippen MR) is 125 cm³/mol. The average Bonchev–Trinajstić information content (AvgIpc) is 2.75. The highest BCUT2D eigenvalue weighted by Gasteiger charge is 2.30. The maximum Gasteiger partial charge on any atom is 0.0450 e. The fourth-order valence-electron chi connectivity index (χ4n) is 4.17. The predicted octanol–water partition coefficient (Wildman–Crippen LogP) is 5.91. The van der Waals surface area contributed by atoms with Crippen LogP contribution < -0.4 is 5.32 Å². The molecule has 4 rings (SSSR count). The summed E-state index contributed by atoms with van der Waals surface area (Å²) in [5.41, 5.74) is 3.97. The molecule has 1 aliphatic rings. The van der Waals surface area contributed by atoms with Gasteiger partial charge in [0.25, 0.3) is 0 Å². The van der Waals surface area contributed by atoms with E-state index < -0.39 is 0 Å². The Morgan fingerprint density at radius 1 is 0.862 bits per heavy atom. The lowest BCUT2D eigenvalue weighted by molar-refractivity contribution is 0.166. The molecule has 4 heteroatoms. The van der Waals surface area contributed by atoms with Gasteiger partial charge in [-0.05, 0) is 29.2 Å². The number of hydrogen-bond donors (Lipinski definition) is 1. The van der Waals surface area contributed by atoms with Crippen LogP contribution in [-0.2, 0) is 13.1 Å². The molecule has 0 spiro atoms. The van der Waals surface area contributed by atoms with Crippen LogP contribution in [0.25, 0.3) is 0 Å². The van der Waals surface area contributed by atoms with Crippen molar-refractivity contribution in [3.8, 4) is 0 Å². The molecule has 1 fully saturated rings. The van der Waals surface area contributed by atoms with Crippen LogP contribution in [0.2, 0.25) is 5.02 Å². The van der Waals surface area contributed by atoms with E-state index in [1.807, 2.05) is 12.1 Å². The summed E-state index contributed by atoms with van der Waals surface area (Å²) in [7, 11) is 0. The molecular weight excluding hydrogens is 399 g/mol. The van der Waals surface area contributed by atoms with Gasteiger partial charge in [0.05, 0.1) is 0 Å². The van der Waals surface area contributed by atoms with E-state index in [1.165, 1.54) is 16.7 Å². The quantitative estimate of drug-likeness (QED) is 0.526. The number of rotatable bonds is 6. The molecule has 1 aliphatic heterocycles. The van der Waals surface area contributed by atoms with Gasteiger partial charge in [-0.3, -0.25) is 4.90 Å². The smallest absolute Gasteiger partial charge is 0.0450 e. The van der Waals surface area contributed by atoms with E-state index in [9.17, 15) is 0 Å². The van der Waals surface area contributed by atoms with Crippen LogP contribution in [0.5, 0.6) is 0 Å². The minimum Gasteiger partial charge on any atom is -0.309 e. The van der Waals surface area contributed by atoms with Gasteiger partial charge in [0.2, 0.25) is 0 Å². The Hall–Kier alpha value is -1.84. The summed E-state index contributed by atoms with van der Waals surface area (Å²) < 4.78 is 0. The average molecular weight is 427 g/mol. The Kier molecular flexibility index (Phi) is 8.14. The van der Waals surface area contributed by atoms with Crippen molar-refractivity contribution in [2.24, 2.45) is 0 Å². The normalized spacial score (nSPS) is 19.5. The van der Waals surface area contributed by atoms with Crippen molar-refractivity contribution in [1.82, 2.24) is 10.2 Å². The monoisotopic (exact) mass is 426 g/mol. The summed E-state index contributed by atoms with van der Waals surface area (Å²) in [5.74, 6) is 0.473. The van der Waals surface area contributed by atoms with Crippen LogP contribution in [0.4, 0.5) is 0 Å². The third kappa shape index (κ3) is 5.83. The fourth-order valence-corrected chi connectivity index (χ4v) is 4.37. The van der Waals surface area contributed by atoms with Crippen LogP contribution in [0.3, 0.4) is 0 Å². The van der Waals surface area contributed by atoms with Crippen molar-refractivity contribution in [2.75, 3.05) is 13.1 Å². The first-order valence-electron chi connectivity index (χ1n) is 10.1. The minimum atomic E-state index is 0. The first-order valence-corrected chi connectivity index (χ1v) is 10.5. The molecule has 1 saturated heterocycles. The van der Waals surface area contributed by atoms with Gasteiger partial charge in [-0.15, -0.1) is 12.4 Å². The van der Waals surface area contributed by atoms with E-state index in [1.54, 1.807) is 0 Å². The minimum absolute atomic E-state index is 0. The molecule has 0 radical (unpaired) electrons. The Morgan fingerprint density at radius 3 is 2.24 bits per heavy atom. The Bertz CT molecular complexity index is 870. The van der Waals surface area contributed by atoms with Gasteiger partial charge in [0.1, 0.15) is 0 Å². The van der Waals surface area contributed by atoms with Crippen molar-refractivity contribution in [3.63, 3.8) is 0 Å². The van der Waals surface area contributed by atoms with Gasteiger partial charge < -0.3 is 5.32 Å². The second-order valence-electron chi connectivity index (χ2n) is 7.61. The standard InChI is InChI=1S/C25H27ClN2.ClH/c26-24-14-8-7-13-22(24)17-27-25-15-16-28(18-20-9-3-1-4-10-20)19-23(25)21-11-5-2-6-12-21;/h1-14,23,25,27H,15-19H2;1H. The summed E-state index contributed by atoms with van der Waals surface area (Å²) >= 11 is 6.36. The number of nitrogens with zero attached hydrogens (tertiary/aromatic N) is 1. The Labute approximate surface area is 185 Å². The molecule has 3 aromatic rings. The molecule has 0 amide bonds. The zero-order chi connectivity index (χ0) is 19.2. The zero-order valence-electron chi connectivity index (χ0n) is 16.5. The summed E-state index contributed by atoms with van der Waals surface area (Å²) in [6.07, 6.45) is 1.14. The maximum absolute atomic E-state index is 6.36. The third-order valence-corrected chi connectivity index (χ3v) is 6.05. The topological polar surface area (TPSA) is 15.3 Å².